The average molecular weight is 157 g/mol. The third-order valence-electron chi connectivity index (χ3n) is 2.07. The molecule has 0 aromatic heterocycles. The Bertz CT molecular complexity index is 71.9. The first-order chi connectivity index (χ1) is 5.18. The van der Waals surface area contributed by atoms with Crippen molar-refractivity contribution in [2.45, 2.75) is 58.0 Å². The molecule has 0 saturated heterocycles. The Balaban J connectivity index is 3.79. The van der Waals surface area contributed by atoms with E-state index in [0.717, 1.165) is 38.5 Å². The van der Waals surface area contributed by atoms with Crippen LogP contribution in [0.5, 0.6) is 0 Å². The van der Waals surface area contributed by atoms with Crippen LogP contribution in [-0.4, -0.2) is 10.7 Å². The number of rotatable bonds is 6. The van der Waals surface area contributed by atoms with E-state index >= 15 is 0 Å². The van der Waals surface area contributed by atoms with Gasteiger partial charge in [-0.1, -0.05) is 40.0 Å². The fraction of sp³-hybridized carbons (Fsp3) is 0.900. The van der Waals surface area contributed by atoms with Crippen molar-refractivity contribution in [2.24, 2.45) is 0 Å². The molecule has 67 valence electrons. The quantitative estimate of drug-likeness (QED) is 0.628. The largest absolute Gasteiger partial charge is 0.390 e. The molecule has 0 heterocycles. The molecule has 11 heavy (non-hydrogen) atoms. The monoisotopic (exact) mass is 157 g/mol. The van der Waals surface area contributed by atoms with Gasteiger partial charge in [-0.25, -0.2) is 0 Å². The summed E-state index contributed by atoms with van der Waals surface area (Å²) in [5.74, 6) is 0. The van der Waals surface area contributed by atoms with E-state index in [1.54, 1.807) is 0 Å². The average Bonchev–Trinajstić information content (AvgIpc) is 1.88. The zero-order valence-electron chi connectivity index (χ0n) is 7.90. The minimum atomic E-state index is -0.411. The van der Waals surface area contributed by atoms with Crippen molar-refractivity contribution in [2.75, 3.05) is 0 Å². The van der Waals surface area contributed by atoms with Crippen molar-refractivity contribution < 1.29 is 5.11 Å². The minimum absolute atomic E-state index is 0.411. The van der Waals surface area contributed by atoms with Crippen LogP contribution in [0.15, 0.2) is 0 Å². The van der Waals surface area contributed by atoms with E-state index in [1.165, 1.54) is 0 Å². The van der Waals surface area contributed by atoms with Gasteiger partial charge in [-0.15, -0.1) is 0 Å². The highest BCUT2D eigenvalue weighted by Crippen LogP contribution is 2.24. The second-order valence-electron chi connectivity index (χ2n) is 3.33. The topological polar surface area (TPSA) is 20.2 Å². The molecule has 1 nitrogen and oxygen atoms in total. The number of hydrogen-bond acceptors (Lipinski definition) is 1. The minimum Gasteiger partial charge on any atom is -0.390 e. The van der Waals surface area contributed by atoms with E-state index in [1.807, 2.05) is 0 Å². The molecule has 0 atom stereocenters. The summed E-state index contributed by atoms with van der Waals surface area (Å²) >= 11 is 0. The third kappa shape index (κ3) is 4.41. The van der Waals surface area contributed by atoms with Crippen LogP contribution in [-0.2, 0) is 0 Å². The molecule has 0 fully saturated rings. The maximum Gasteiger partial charge on any atom is 0.0647 e. The molecule has 0 unspecified atom stereocenters. The molecule has 0 saturated carbocycles. The van der Waals surface area contributed by atoms with Gasteiger partial charge in [-0.3, -0.25) is 0 Å². The first-order valence-electron chi connectivity index (χ1n) is 4.70. The number of hydrogen-bond donors (Lipinski definition) is 1. The van der Waals surface area contributed by atoms with E-state index in [2.05, 4.69) is 20.8 Å². The second kappa shape index (κ2) is 5.59. The summed E-state index contributed by atoms with van der Waals surface area (Å²) in [5.41, 5.74) is -0.411. The van der Waals surface area contributed by atoms with Crippen LogP contribution < -0.4 is 0 Å². The standard InChI is InChI=1S/C10H21O/c1-4-7-10(11,8-5-2)9-6-3/h11H,1,4-9H2,2-3H3. The Morgan fingerprint density at radius 3 is 1.82 bits per heavy atom. The molecule has 0 aliphatic rings. The van der Waals surface area contributed by atoms with Gasteiger partial charge in [-0.05, 0) is 19.3 Å². The van der Waals surface area contributed by atoms with E-state index in [4.69, 9.17) is 0 Å². The lowest BCUT2D eigenvalue weighted by Crippen LogP contribution is -2.27. The molecule has 0 rings (SSSR count). The predicted octanol–water partition coefficient (Wildman–Crippen LogP) is 2.93. The van der Waals surface area contributed by atoms with Crippen LogP contribution in [0.3, 0.4) is 0 Å². The molecule has 1 heteroatoms. The van der Waals surface area contributed by atoms with E-state index in [9.17, 15) is 5.11 Å². The van der Waals surface area contributed by atoms with Crippen molar-refractivity contribution in [1.29, 1.82) is 0 Å². The van der Waals surface area contributed by atoms with Gasteiger partial charge in [0.2, 0.25) is 0 Å². The van der Waals surface area contributed by atoms with Gasteiger partial charge in [0.05, 0.1) is 5.60 Å². The van der Waals surface area contributed by atoms with Gasteiger partial charge in [-0.2, -0.15) is 0 Å². The Hall–Kier alpha value is -0.0400. The normalized spacial score (nSPS) is 12.0. The molecule has 0 aliphatic heterocycles. The highest BCUT2D eigenvalue weighted by atomic mass is 16.3. The summed E-state index contributed by atoms with van der Waals surface area (Å²) in [6.45, 7) is 8.00. The molecule has 0 aromatic carbocycles. The molecule has 0 spiro atoms. The first-order valence-corrected chi connectivity index (χ1v) is 4.70. The summed E-state index contributed by atoms with van der Waals surface area (Å²) < 4.78 is 0. The Morgan fingerprint density at radius 2 is 1.55 bits per heavy atom. The maximum atomic E-state index is 9.97. The van der Waals surface area contributed by atoms with Crippen molar-refractivity contribution in [3.8, 4) is 0 Å². The van der Waals surface area contributed by atoms with Gasteiger partial charge in [0.15, 0.2) is 0 Å². The highest BCUT2D eigenvalue weighted by molar-refractivity contribution is 4.77. The van der Waals surface area contributed by atoms with Crippen LogP contribution >= 0.6 is 0 Å². The van der Waals surface area contributed by atoms with Crippen LogP contribution in [0.4, 0.5) is 0 Å². The summed E-state index contributed by atoms with van der Waals surface area (Å²) in [5, 5.41) is 9.97. The van der Waals surface area contributed by atoms with E-state index in [0.29, 0.717) is 0 Å². The van der Waals surface area contributed by atoms with Gasteiger partial charge >= 0.3 is 0 Å². The lowest BCUT2D eigenvalue weighted by Gasteiger charge is -2.26. The van der Waals surface area contributed by atoms with Crippen LogP contribution in [0.2, 0.25) is 0 Å². The fourth-order valence-electron chi connectivity index (χ4n) is 1.63. The SMILES string of the molecule is [CH2]CCC(O)(CCC)CCC. The fourth-order valence-corrected chi connectivity index (χ4v) is 1.63. The van der Waals surface area contributed by atoms with Crippen LogP contribution in [0, 0.1) is 6.92 Å². The molecule has 0 amide bonds. The lowest BCUT2D eigenvalue weighted by atomic mass is 9.88. The van der Waals surface area contributed by atoms with Crippen LogP contribution in [0.25, 0.3) is 0 Å². The Kier molecular flexibility index (Phi) is 5.57. The second-order valence-corrected chi connectivity index (χ2v) is 3.33. The third-order valence-corrected chi connectivity index (χ3v) is 2.07. The summed E-state index contributed by atoms with van der Waals surface area (Å²) in [4.78, 5) is 0. The maximum absolute atomic E-state index is 9.97. The Labute approximate surface area is 70.8 Å². The first kappa shape index (κ1) is 11.0. The summed E-state index contributed by atoms with van der Waals surface area (Å²) in [6.07, 6.45) is 5.69. The summed E-state index contributed by atoms with van der Waals surface area (Å²) in [6, 6.07) is 0. The van der Waals surface area contributed by atoms with Crippen molar-refractivity contribution in [1.82, 2.24) is 0 Å². The molecular formula is C10H21O. The molecule has 1 N–H and O–H groups in total. The van der Waals surface area contributed by atoms with Crippen LogP contribution in [0.1, 0.15) is 52.4 Å². The molecular weight excluding hydrogens is 136 g/mol. The zero-order valence-corrected chi connectivity index (χ0v) is 7.90. The zero-order chi connectivity index (χ0) is 8.74. The summed E-state index contributed by atoms with van der Waals surface area (Å²) in [7, 11) is 0. The van der Waals surface area contributed by atoms with Gasteiger partial charge in [0.1, 0.15) is 0 Å². The van der Waals surface area contributed by atoms with Crippen molar-refractivity contribution in [3.63, 3.8) is 0 Å². The lowest BCUT2D eigenvalue weighted by molar-refractivity contribution is 0.0137. The molecule has 0 aromatic rings. The predicted molar refractivity (Wildman–Crippen MR) is 49.4 cm³/mol. The van der Waals surface area contributed by atoms with Gasteiger partial charge < -0.3 is 5.11 Å². The molecule has 1 radical (unpaired) electrons. The van der Waals surface area contributed by atoms with Crippen molar-refractivity contribution >= 4 is 0 Å². The number of aliphatic hydroxyl groups is 1. The Morgan fingerprint density at radius 1 is 1.09 bits per heavy atom. The smallest absolute Gasteiger partial charge is 0.0647 e. The van der Waals surface area contributed by atoms with E-state index in [-0.39, 0.29) is 0 Å². The highest BCUT2D eigenvalue weighted by Gasteiger charge is 2.22. The van der Waals surface area contributed by atoms with E-state index < -0.39 is 5.60 Å². The van der Waals surface area contributed by atoms with Gasteiger partial charge in [0, 0.05) is 0 Å². The van der Waals surface area contributed by atoms with Crippen molar-refractivity contribution in [3.05, 3.63) is 6.92 Å². The molecule has 0 aliphatic carbocycles. The molecule has 0 bridgehead atoms. The van der Waals surface area contributed by atoms with Gasteiger partial charge in [0.25, 0.3) is 0 Å².